The summed E-state index contributed by atoms with van der Waals surface area (Å²) in [6.45, 7) is 3.47. The molecule has 1 aliphatic carbocycles. The lowest BCUT2D eigenvalue weighted by molar-refractivity contribution is -0.146. The smallest absolute Gasteiger partial charge is 0.307 e. The van der Waals surface area contributed by atoms with Crippen LogP contribution in [-0.4, -0.2) is 35.4 Å². The van der Waals surface area contributed by atoms with Crippen LogP contribution in [0.3, 0.4) is 0 Å². The van der Waals surface area contributed by atoms with Crippen molar-refractivity contribution in [2.75, 3.05) is 10.0 Å². The zero-order chi connectivity index (χ0) is 21.9. The van der Waals surface area contributed by atoms with Gasteiger partial charge in [0.1, 0.15) is 0 Å². The first kappa shape index (κ1) is 21.4. The van der Waals surface area contributed by atoms with Gasteiger partial charge in [-0.25, -0.2) is 23.1 Å². The number of benzene rings is 1. The number of nitrogens with one attached hydrogen (secondary N) is 2. The maximum atomic E-state index is 12.6. The third-order valence-corrected chi connectivity index (χ3v) is 6.07. The minimum absolute atomic E-state index is 0.0186. The third kappa shape index (κ3) is 5.01. The van der Waals surface area contributed by atoms with Gasteiger partial charge >= 0.3 is 5.97 Å². The van der Waals surface area contributed by atoms with Crippen LogP contribution < -0.4 is 10.0 Å². The van der Waals surface area contributed by atoms with Crippen molar-refractivity contribution in [3.63, 3.8) is 0 Å². The number of carboxylic acid groups (broad SMARTS) is 1. The summed E-state index contributed by atoms with van der Waals surface area (Å²) in [5.41, 5.74) is 1.64. The molecule has 1 aromatic heterocycles. The van der Waals surface area contributed by atoms with Crippen molar-refractivity contribution in [3.8, 4) is 0 Å². The number of aryl methyl sites for hydroxylation is 2. The number of amides is 1. The van der Waals surface area contributed by atoms with E-state index in [9.17, 15) is 23.1 Å². The number of allylic oxidation sites excluding steroid dienone is 2. The van der Waals surface area contributed by atoms with E-state index >= 15 is 0 Å². The first-order chi connectivity index (χ1) is 14.2. The SMILES string of the molecule is Cc1cc(C)nc(NS(=O)(=O)c2ccc(NC(=O)[C@@H]3CC=CC[C@H]3C(=O)O)cc2)n1. The first-order valence-electron chi connectivity index (χ1n) is 9.29. The van der Waals surface area contributed by atoms with Crippen molar-refractivity contribution in [2.24, 2.45) is 11.8 Å². The van der Waals surface area contributed by atoms with E-state index in [0.29, 0.717) is 29.9 Å². The zero-order valence-electron chi connectivity index (χ0n) is 16.5. The summed E-state index contributed by atoms with van der Waals surface area (Å²) in [6, 6.07) is 7.31. The molecule has 0 saturated carbocycles. The minimum Gasteiger partial charge on any atom is -0.481 e. The van der Waals surface area contributed by atoms with Gasteiger partial charge in [0, 0.05) is 17.1 Å². The number of hydrogen-bond acceptors (Lipinski definition) is 6. The van der Waals surface area contributed by atoms with Gasteiger partial charge in [-0.3, -0.25) is 9.59 Å². The van der Waals surface area contributed by atoms with E-state index in [-0.39, 0.29) is 10.8 Å². The van der Waals surface area contributed by atoms with Gasteiger partial charge in [-0.15, -0.1) is 0 Å². The fourth-order valence-electron chi connectivity index (χ4n) is 3.28. The molecule has 9 nitrogen and oxygen atoms in total. The van der Waals surface area contributed by atoms with E-state index in [0.717, 1.165) is 0 Å². The van der Waals surface area contributed by atoms with Gasteiger partial charge in [0.2, 0.25) is 11.9 Å². The summed E-state index contributed by atoms with van der Waals surface area (Å²) >= 11 is 0. The summed E-state index contributed by atoms with van der Waals surface area (Å²) in [5.74, 6) is -2.91. The van der Waals surface area contributed by atoms with E-state index in [1.54, 1.807) is 32.1 Å². The Labute approximate surface area is 174 Å². The fourth-order valence-corrected chi connectivity index (χ4v) is 4.22. The summed E-state index contributed by atoms with van der Waals surface area (Å²) < 4.78 is 27.5. The molecule has 3 rings (SSSR count). The van der Waals surface area contributed by atoms with Crippen LogP contribution >= 0.6 is 0 Å². The number of anilines is 2. The van der Waals surface area contributed by atoms with E-state index in [2.05, 4.69) is 20.0 Å². The van der Waals surface area contributed by atoms with E-state index in [1.807, 2.05) is 0 Å². The molecule has 10 heteroatoms. The molecule has 1 aliphatic rings. The van der Waals surface area contributed by atoms with Crippen LogP contribution in [0.25, 0.3) is 0 Å². The number of carbonyl (C=O) groups excluding carboxylic acids is 1. The van der Waals surface area contributed by atoms with Crippen molar-refractivity contribution < 1.29 is 23.1 Å². The molecular weight excluding hydrogens is 408 g/mol. The number of aromatic nitrogens is 2. The molecule has 0 spiro atoms. The van der Waals surface area contributed by atoms with Crippen molar-refractivity contribution in [3.05, 3.63) is 53.9 Å². The second-order valence-corrected chi connectivity index (χ2v) is 8.77. The van der Waals surface area contributed by atoms with Crippen LogP contribution in [0.4, 0.5) is 11.6 Å². The number of carbonyl (C=O) groups is 2. The predicted molar refractivity (Wildman–Crippen MR) is 110 cm³/mol. The molecule has 1 aromatic carbocycles. The highest BCUT2D eigenvalue weighted by Crippen LogP contribution is 2.27. The summed E-state index contributed by atoms with van der Waals surface area (Å²) in [7, 11) is -3.91. The van der Waals surface area contributed by atoms with Crippen LogP contribution in [0.2, 0.25) is 0 Å². The molecule has 2 aromatic rings. The number of nitrogens with zero attached hydrogens (tertiary/aromatic N) is 2. The Hall–Kier alpha value is -3.27. The largest absolute Gasteiger partial charge is 0.481 e. The van der Waals surface area contributed by atoms with Gasteiger partial charge < -0.3 is 10.4 Å². The van der Waals surface area contributed by atoms with E-state index in [1.165, 1.54) is 24.3 Å². The van der Waals surface area contributed by atoms with Crippen LogP contribution in [0.5, 0.6) is 0 Å². The van der Waals surface area contributed by atoms with Crippen LogP contribution in [-0.2, 0) is 19.6 Å². The van der Waals surface area contributed by atoms with Gasteiger partial charge in [0.05, 0.1) is 16.7 Å². The van der Waals surface area contributed by atoms with Crippen molar-refractivity contribution in [1.29, 1.82) is 0 Å². The number of carboxylic acids is 1. The van der Waals surface area contributed by atoms with Crippen molar-refractivity contribution in [1.82, 2.24) is 9.97 Å². The number of aliphatic carboxylic acids is 1. The fraction of sp³-hybridized carbons (Fsp3) is 0.300. The highest BCUT2D eigenvalue weighted by Gasteiger charge is 2.34. The second-order valence-electron chi connectivity index (χ2n) is 7.09. The second kappa shape index (κ2) is 8.62. The number of rotatable bonds is 6. The van der Waals surface area contributed by atoms with Gasteiger partial charge in [-0.1, -0.05) is 12.2 Å². The maximum Gasteiger partial charge on any atom is 0.307 e. The third-order valence-electron chi connectivity index (χ3n) is 4.73. The van der Waals surface area contributed by atoms with Gasteiger partial charge in [0.15, 0.2) is 0 Å². The molecule has 0 bridgehead atoms. The van der Waals surface area contributed by atoms with E-state index in [4.69, 9.17) is 0 Å². The normalized spacial score (nSPS) is 18.6. The van der Waals surface area contributed by atoms with Gasteiger partial charge in [0.25, 0.3) is 10.0 Å². The summed E-state index contributed by atoms with van der Waals surface area (Å²) in [5, 5.41) is 12.0. The Morgan fingerprint density at radius 1 is 1.00 bits per heavy atom. The zero-order valence-corrected chi connectivity index (χ0v) is 17.3. The number of sulfonamides is 1. The lowest BCUT2D eigenvalue weighted by Crippen LogP contribution is -2.34. The Morgan fingerprint density at radius 2 is 1.57 bits per heavy atom. The molecule has 1 heterocycles. The quantitative estimate of drug-likeness (QED) is 0.599. The number of hydrogen-bond donors (Lipinski definition) is 3. The average molecular weight is 430 g/mol. The molecule has 0 radical (unpaired) electrons. The Kier molecular flexibility index (Phi) is 6.16. The Bertz CT molecular complexity index is 1080. The van der Waals surface area contributed by atoms with Crippen LogP contribution in [0, 0.1) is 25.7 Å². The molecule has 0 aliphatic heterocycles. The first-order valence-corrected chi connectivity index (χ1v) is 10.8. The standard InChI is InChI=1S/C20H22N4O5S/c1-12-11-13(2)22-20(21-12)24-30(28,29)15-9-7-14(8-10-15)23-18(25)16-5-3-4-6-17(16)19(26)27/h3-4,7-11,16-17H,5-6H2,1-2H3,(H,23,25)(H,26,27)(H,21,22,24)/t16-,17-/m1/s1. The highest BCUT2D eigenvalue weighted by molar-refractivity contribution is 7.92. The molecule has 2 atom stereocenters. The van der Waals surface area contributed by atoms with Crippen molar-refractivity contribution >= 4 is 33.5 Å². The molecule has 0 unspecified atom stereocenters. The Morgan fingerprint density at radius 3 is 2.13 bits per heavy atom. The predicted octanol–water partition coefficient (Wildman–Crippen LogP) is 2.50. The Balaban J connectivity index is 1.71. The monoisotopic (exact) mass is 430 g/mol. The van der Waals surface area contributed by atoms with Gasteiger partial charge in [-0.2, -0.15) is 0 Å². The molecule has 158 valence electrons. The van der Waals surface area contributed by atoms with E-state index < -0.39 is 33.7 Å². The van der Waals surface area contributed by atoms with Crippen LogP contribution in [0.15, 0.2) is 47.4 Å². The summed E-state index contributed by atoms with van der Waals surface area (Å²) in [4.78, 5) is 32.0. The molecule has 3 N–H and O–H groups in total. The average Bonchev–Trinajstić information content (AvgIpc) is 2.67. The summed E-state index contributed by atoms with van der Waals surface area (Å²) in [6.07, 6.45) is 4.20. The minimum atomic E-state index is -3.91. The topological polar surface area (TPSA) is 138 Å². The molecular formula is C20H22N4O5S. The van der Waals surface area contributed by atoms with Crippen molar-refractivity contribution in [2.45, 2.75) is 31.6 Å². The molecule has 30 heavy (non-hydrogen) atoms. The highest BCUT2D eigenvalue weighted by atomic mass is 32.2. The molecule has 1 amide bonds. The van der Waals surface area contributed by atoms with Gasteiger partial charge in [-0.05, 0) is 57.0 Å². The molecule has 0 fully saturated rings. The lowest BCUT2D eigenvalue weighted by Gasteiger charge is -2.24. The molecule has 0 saturated heterocycles. The van der Waals surface area contributed by atoms with Crippen LogP contribution in [0.1, 0.15) is 24.2 Å². The lowest BCUT2D eigenvalue weighted by atomic mass is 9.82. The maximum absolute atomic E-state index is 12.6.